The first-order valence-corrected chi connectivity index (χ1v) is 4.20. The predicted molar refractivity (Wildman–Crippen MR) is 41.8 cm³/mol. The van der Waals surface area contributed by atoms with Crippen LogP contribution in [0.3, 0.4) is 0 Å². The van der Waals surface area contributed by atoms with Crippen LogP contribution in [-0.2, 0) is 11.3 Å². The van der Waals surface area contributed by atoms with E-state index < -0.39 is 5.97 Å². The Hall–Kier alpha value is -1.62. The van der Waals surface area contributed by atoms with Gasteiger partial charge in [-0.05, 0) is 10.4 Å². The van der Waals surface area contributed by atoms with Gasteiger partial charge in [-0.15, -0.1) is 5.10 Å². The first-order valence-electron chi connectivity index (χ1n) is 3.21. The Bertz CT molecular complexity index is 343. The van der Waals surface area contributed by atoms with Crippen LogP contribution in [0.15, 0.2) is 5.16 Å². The van der Waals surface area contributed by atoms with Crippen LogP contribution in [0.1, 0.15) is 0 Å². The summed E-state index contributed by atoms with van der Waals surface area (Å²) in [6.07, 6.45) is 0. The molecule has 1 aromatic heterocycles. The molecule has 0 aliphatic heterocycles. The molecular formula is C5H5N5O2S. The maximum atomic E-state index is 10.3. The van der Waals surface area contributed by atoms with Gasteiger partial charge in [0.2, 0.25) is 5.16 Å². The van der Waals surface area contributed by atoms with E-state index in [0.29, 0.717) is 5.16 Å². The number of aromatic nitrogens is 4. The largest absolute Gasteiger partial charge is 0.480 e. The first-order chi connectivity index (χ1) is 6.24. The van der Waals surface area contributed by atoms with Gasteiger partial charge in [-0.2, -0.15) is 5.26 Å². The summed E-state index contributed by atoms with van der Waals surface area (Å²) in [5.74, 6) is -0.828. The van der Waals surface area contributed by atoms with Crippen molar-refractivity contribution in [3.8, 4) is 6.07 Å². The molecule has 8 heteroatoms. The smallest absolute Gasteiger partial charge is 0.325 e. The highest BCUT2D eigenvalue weighted by Crippen LogP contribution is 2.11. The van der Waals surface area contributed by atoms with E-state index in [9.17, 15) is 4.79 Å². The number of nitrogens with zero attached hydrogens (tertiary/aromatic N) is 5. The van der Waals surface area contributed by atoms with E-state index in [-0.39, 0.29) is 12.3 Å². The minimum absolute atomic E-state index is 0.194. The summed E-state index contributed by atoms with van der Waals surface area (Å²) in [7, 11) is 0. The number of tetrazole rings is 1. The lowest BCUT2D eigenvalue weighted by Gasteiger charge is -1.96. The second kappa shape index (κ2) is 4.42. The van der Waals surface area contributed by atoms with Crippen molar-refractivity contribution in [2.75, 3.05) is 5.75 Å². The third kappa shape index (κ3) is 2.72. The van der Waals surface area contributed by atoms with Gasteiger partial charge in [0.15, 0.2) is 0 Å². The molecule has 0 unspecified atom stereocenters. The average molecular weight is 199 g/mol. The van der Waals surface area contributed by atoms with Crippen molar-refractivity contribution in [2.45, 2.75) is 11.7 Å². The Balaban J connectivity index is 2.66. The van der Waals surface area contributed by atoms with Gasteiger partial charge in [0, 0.05) is 0 Å². The SMILES string of the molecule is N#CCSc1nnnn1CC(=O)O. The summed E-state index contributed by atoms with van der Waals surface area (Å²) in [6, 6.07) is 1.89. The minimum Gasteiger partial charge on any atom is -0.480 e. The zero-order valence-electron chi connectivity index (χ0n) is 6.41. The van der Waals surface area contributed by atoms with E-state index in [1.54, 1.807) is 0 Å². The molecule has 0 amide bonds. The zero-order valence-corrected chi connectivity index (χ0v) is 7.23. The topological polar surface area (TPSA) is 105 Å². The molecule has 0 radical (unpaired) electrons. The van der Waals surface area contributed by atoms with E-state index in [4.69, 9.17) is 10.4 Å². The molecule has 0 spiro atoms. The molecule has 13 heavy (non-hydrogen) atoms. The van der Waals surface area contributed by atoms with Crippen LogP contribution in [0.4, 0.5) is 0 Å². The van der Waals surface area contributed by atoms with Gasteiger partial charge in [0.05, 0.1) is 11.8 Å². The molecule has 68 valence electrons. The van der Waals surface area contributed by atoms with Crippen molar-refractivity contribution in [1.82, 2.24) is 20.2 Å². The van der Waals surface area contributed by atoms with Crippen molar-refractivity contribution in [2.24, 2.45) is 0 Å². The molecule has 0 saturated heterocycles. The number of hydrogen-bond acceptors (Lipinski definition) is 6. The van der Waals surface area contributed by atoms with Gasteiger partial charge < -0.3 is 5.11 Å². The molecule has 0 bridgehead atoms. The van der Waals surface area contributed by atoms with Crippen LogP contribution in [0, 0.1) is 11.3 Å². The summed E-state index contributed by atoms with van der Waals surface area (Å²) in [4.78, 5) is 10.3. The van der Waals surface area contributed by atoms with Crippen molar-refractivity contribution >= 4 is 17.7 Å². The highest BCUT2D eigenvalue weighted by molar-refractivity contribution is 7.99. The fraction of sp³-hybridized carbons (Fsp3) is 0.400. The number of carbonyl (C=O) groups is 1. The maximum Gasteiger partial charge on any atom is 0.325 e. The Morgan fingerprint density at radius 3 is 3.15 bits per heavy atom. The monoisotopic (exact) mass is 199 g/mol. The molecule has 0 aliphatic rings. The van der Waals surface area contributed by atoms with Gasteiger partial charge in [-0.25, -0.2) is 4.68 Å². The first kappa shape index (κ1) is 9.47. The fourth-order valence-corrected chi connectivity index (χ4v) is 1.16. The Kier molecular flexibility index (Phi) is 3.22. The number of nitriles is 1. The molecule has 1 aromatic rings. The lowest BCUT2D eigenvalue weighted by molar-refractivity contribution is -0.138. The minimum atomic E-state index is -1.02. The Morgan fingerprint density at radius 1 is 1.77 bits per heavy atom. The van der Waals surface area contributed by atoms with Gasteiger partial charge >= 0.3 is 5.97 Å². The third-order valence-electron chi connectivity index (χ3n) is 1.05. The number of aliphatic carboxylic acids is 1. The highest BCUT2D eigenvalue weighted by atomic mass is 32.2. The van der Waals surface area contributed by atoms with E-state index in [0.717, 1.165) is 16.4 Å². The molecule has 0 atom stereocenters. The Labute approximate surface area is 77.3 Å². The number of carboxylic acids is 1. The van der Waals surface area contributed by atoms with Crippen LogP contribution in [0.5, 0.6) is 0 Å². The van der Waals surface area contributed by atoms with E-state index in [1.807, 2.05) is 6.07 Å². The highest BCUT2D eigenvalue weighted by Gasteiger charge is 2.08. The van der Waals surface area contributed by atoms with E-state index in [1.165, 1.54) is 0 Å². The molecular weight excluding hydrogens is 194 g/mol. The summed E-state index contributed by atoms with van der Waals surface area (Å²) < 4.78 is 1.13. The normalized spacial score (nSPS) is 9.46. The van der Waals surface area contributed by atoms with Gasteiger partial charge in [-0.1, -0.05) is 11.8 Å². The standard InChI is InChI=1S/C5H5N5O2S/c6-1-2-13-5-7-8-9-10(5)3-4(11)12/h2-3H2,(H,11,12). The van der Waals surface area contributed by atoms with Crippen LogP contribution >= 0.6 is 11.8 Å². The van der Waals surface area contributed by atoms with E-state index >= 15 is 0 Å². The van der Waals surface area contributed by atoms with Crippen LogP contribution in [0.25, 0.3) is 0 Å². The molecule has 1 N–H and O–H groups in total. The third-order valence-corrected chi connectivity index (χ3v) is 1.87. The predicted octanol–water partition coefficient (Wildman–Crippen LogP) is -0.627. The summed E-state index contributed by atoms with van der Waals surface area (Å²) >= 11 is 1.10. The van der Waals surface area contributed by atoms with Gasteiger partial charge in [0.1, 0.15) is 6.54 Å². The van der Waals surface area contributed by atoms with Crippen LogP contribution in [0.2, 0.25) is 0 Å². The lowest BCUT2D eigenvalue weighted by Crippen LogP contribution is -2.11. The second-order valence-electron chi connectivity index (χ2n) is 1.96. The molecule has 0 aliphatic carbocycles. The summed E-state index contributed by atoms with van der Waals surface area (Å²) in [5.41, 5.74) is 0. The van der Waals surface area contributed by atoms with Crippen molar-refractivity contribution in [3.05, 3.63) is 0 Å². The number of rotatable bonds is 4. The maximum absolute atomic E-state index is 10.3. The fourth-order valence-electron chi connectivity index (χ4n) is 0.624. The number of carboxylic acid groups (broad SMARTS) is 1. The summed E-state index contributed by atoms with van der Waals surface area (Å²) in [6.45, 7) is -0.291. The Morgan fingerprint density at radius 2 is 2.54 bits per heavy atom. The molecule has 0 saturated carbocycles. The van der Waals surface area contributed by atoms with Crippen molar-refractivity contribution in [3.63, 3.8) is 0 Å². The zero-order chi connectivity index (χ0) is 9.68. The lowest BCUT2D eigenvalue weighted by atomic mass is 10.7. The molecule has 0 fully saturated rings. The van der Waals surface area contributed by atoms with E-state index in [2.05, 4.69) is 15.5 Å². The van der Waals surface area contributed by atoms with Crippen LogP contribution < -0.4 is 0 Å². The van der Waals surface area contributed by atoms with Crippen molar-refractivity contribution in [1.29, 1.82) is 5.26 Å². The number of thioether (sulfide) groups is 1. The molecule has 1 heterocycles. The summed E-state index contributed by atoms with van der Waals surface area (Å²) in [5, 5.41) is 27.4. The quantitative estimate of drug-likeness (QED) is 0.644. The molecule has 7 nitrogen and oxygen atoms in total. The van der Waals surface area contributed by atoms with Gasteiger partial charge in [0.25, 0.3) is 0 Å². The second-order valence-corrected chi connectivity index (χ2v) is 2.90. The average Bonchev–Trinajstić information content (AvgIpc) is 2.48. The molecule has 0 aromatic carbocycles. The van der Waals surface area contributed by atoms with Crippen molar-refractivity contribution < 1.29 is 9.90 Å². The molecule has 1 rings (SSSR count). The number of hydrogen-bond donors (Lipinski definition) is 1. The van der Waals surface area contributed by atoms with Crippen LogP contribution in [-0.4, -0.2) is 37.0 Å². The van der Waals surface area contributed by atoms with Gasteiger partial charge in [-0.3, -0.25) is 4.79 Å².